The first-order chi connectivity index (χ1) is 10.8. The van der Waals surface area contributed by atoms with Crippen LogP contribution < -0.4 is 0 Å². The Balaban J connectivity index is 1.77. The largest absolute Gasteiger partial charge is 0.381 e. The normalized spacial score (nSPS) is 18.4. The zero-order chi connectivity index (χ0) is 15.4. The summed E-state index contributed by atoms with van der Waals surface area (Å²) in [6, 6.07) is 4.13. The molecule has 3 heterocycles. The Hall–Kier alpha value is -1.72. The van der Waals surface area contributed by atoms with Crippen LogP contribution in [0.1, 0.15) is 36.6 Å². The quantitative estimate of drug-likeness (QED) is 0.822. The van der Waals surface area contributed by atoms with Crippen LogP contribution in [-0.4, -0.2) is 39.4 Å². The minimum atomic E-state index is 0.355. The molecule has 2 aromatic rings. The van der Waals surface area contributed by atoms with E-state index in [1.165, 1.54) is 16.8 Å². The predicted octanol–water partition coefficient (Wildman–Crippen LogP) is 2.43. The standard InChI is InChI=1S/C17H24N4O/c1-3-21-12-15-10-20(9-14-6-5-7-18-8-14)11-16(13-22-4-2)17(15)19-21/h5-8,12,16H,3-4,9-11,13H2,1-2H3/t16-/m1/s1. The van der Waals surface area contributed by atoms with Crippen LogP contribution in [0.15, 0.2) is 30.7 Å². The van der Waals surface area contributed by atoms with Gasteiger partial charge in [0, 0.05) is 62.9 Å². The van der Waals surface area contributed by atoms with E-state index in [9.17, 15) is 0 Å². The van der Waals surface area contributed by atoms with Crippen LogP contribution in [0.25, 0.3) is 0 Å². The van der Waals surface area contributed by atoms with E-state index in [4.69, 9.17) is 9.84 Å². The van der Waals surface area contributed by atoms with Gasteiger partial charge in [0.2, 0.25) is 0 Å². The zero-order valence-electron chi connectivity index (χ0n) is 13.4. The third kappa shape index (κ3) is 3.36. The summed E-state index contributed by atoms with van der Waals surface area (Å²) in [7, 11) is 0. The van der Waals surface area contributed by atoms with Gasteiger partial charge in [-0.25, -0.2) is 0 Å². The van der Waals surface area contributed by atoms with Gasteiger partial charge in [-0.2, -0.15) is 5.10 Å². The summed E-state index contributed by atoms with van der Waals surface area (Å²) in [5, 5.41) is 4.74. The van der Waals surface area contributed by atoms with Crippen molar-refractivity contribution < 1.29 is 4.74 Å². The van der Waals surface area contributed by atoms with Gasteiger partial charge in [-0.05, 0) is 25.5 Å². The molecule has 0 spiro atoms. The number of hydrogen-bond acceptors (Lipinski definition) is 4. The Bertz CT molecular complexity index is 596. The molecular formula is C17H24N4O. The number of aryl methyl sites for hydroxylation is 1. The molecule has 1 aliphatic heterocycles. The number of nitrogens with zero attached hydrogens (tertiary/aromatic N) is 4. The van der Waals surface area contributed by atoms with Crippen molar-refractivity contribution in [3.8, 4) is 0 Å². The number of ether oxygens (including phenoxy) is 1. The van der Waals surface area contributed by atoms with Crippen LogP contribution in [0.5, 0.6) is 0 Å². The van der Waals surface area contributed by atoms with Crippen molar-refractivity contribution in [1.82, 2.24) is 19.7 Å². The van der Waals surface area contributed by atoms with Crippen molar-refractivity contribution in [3.63, 3.8) is 0 Å². The van der Waals surface area contributed by atoms with Crippen LogP contribution in [0, 0.1) is 0 Å². The summed E-state index contributed by atoms with van der Waals surface area (Å²) in [4.78, 5) is 6.68. The first kappa shape index (κ1) is 15.2. The Morgan fingerprint density at radius 3 is 3.00 bits per heavy atom. The van der Waals surface area contributed by atoms with Gasteiger partial charge in [0.25, 0.3) is 0 Å². The highest BCUT2D eigenvalue weighted by atomic mass is 16.5. The average molecular weight is 300 g/mol. The molecule has 118 valence electrons. The van der Waals surface area contributed by atoms with Gasteiger partial charge in [-0.15, -0.1) is 0 Å². The third-order valence-corrected chi connectivity index (χ3v) is 4.11. The van der Waals surface area contributed by atoms with E-state index in [2.05, 4.69) is 29.1 Å². The molecule has 22 heavy (non-hydrogen) atoms. The fourth-order valence-electron chi connectivity index (χ4n) is 3.07. The highest BCUT2D eigenvalue weighted by Gasteiger charge is 2.28. The minimum Gasteiger partial charge on any atom is -0.381 e. The lowest BCUT2D eigenvalue weighted by molar-refractivity contribution is 0.104. The molecule has 5 heteroatoms. The van der Waals surface area contributed by atoms with Gasteiger partial charge in [0.1, 0.15) is 0 Å². The molecule has 0 amide bonds. The lowest BCUT2D eigenvalue weighted by atomic mass is 9.97. The second kappa shape index (κ2) is 7.03. The van der Waals surface area contributed by atoms with Gasteiger partial charge in [-0.3, -0.25) is 14.6 Å². The molecule has 1 aliphatic rings. The van der Waals surface area contributed by atoms with Crippen molar-refractivity contribution in [2.24, 2.45) is 0 Å². The van der Waals surface area contributed by atoms with Crippen molar-refractivity contribution >= 4 is 0 Å². The molecule has 0 saturated heterocycles. The molecule has 1 atom stereocenters. The molecule has 2 aromatic heterocycles. The first-order valence-corrected chi connectivity index (χ1v) is 8.05. The second-order valence-corrected chi connectivity index (χ2v) is 5.78. The fourth-order valence-corrected chi connectivity index (χ4v) is 3.07. The maximum absolute atomic E-state index is 5.68. The van der Waals surface area contributed by atoms with Gasteiger partial charge in [-0.1, -0.05) is 6.07 Å². The van der Waals surface area contributed by atoms with E-state index < -0.39 is 0 Å². The topological polar surface area (TPSA) is 43.2 Å². The second-order valence-electron chi connectivity index (χ2n) is 5.78. The number of rotatable bonds is 6. The highest BCUT2D eigenvalue weighted by molar-refractivity contribution is 5.25. The SMILES string of the molecule is CCOC[C@H]1CN(Cc2cccnc2)Cc2cn(CC)nc21. The van der Waals surface area contributed by atoms with Crippen molar-refractivity contribution in [3.05, 3.63) is 47.5 Å². The third-order valence-electron chi connectivity index (χ3n) is 4.11. The molecular weight excluding hydrogens is 276 g/mol. The van der Waals surface area contributed by atoms with Gasteiger partial charge < -0.3 is 4.74 Å². The number of hydrogen-bond donors (Lipinski definition) is 0. The molecule has 0 bridgehead atoms. The van der Waals surface area contributed by atoms with E-state index in [-0.39, 0.29) is 0 Å². The summed E-state index contributed by atoms with van der Waals surface area (Å²) in [6.45, 7) is 9.45. The van der Waals surface area contributed by atoms with Crippen molar-refractivity contribution in [2.45, 2.75) is 39.4 Å². The molecule has 0 aliphatic carbocycles. The number of aromatic nitrogens is 3. The smallest absolute Gasteiger partial charge is 0.0736 e. The predicted molar refractivity (Wildman–Crippen MR) is 85.5 cm³/mol. The molecule has 0 radical (unpaired) electrons. The van der Waals surface area contributed by atoms with Gasteiger partial charge in [0.15, 0.2) is 0 Å². The van der Waals surface area contributed by atoms with Crippen LogP contribution >= 0.6 is 0 Å². The van der Waals surface area contributed by atoms with Crippen molar-refractivity contribution in [1.29, 1.82) is 0 Å². The van der Waals surface area contributed by atoms with E-state index in [1.54, 1.807) is 0 Å². The van der Waals surface area contributed by atoms with Crippen LogP contribution in [0.3, 0.4) is 0 Å². The first-order valence-electron chi connectivity index (χ1n) is 8.05. The van der Waals surface area contributed by atoms with Crippen LogP contribution in [0.2, 0.25) is 0 Å². The van der Waals surface area contributed by atoms with E-state index in [0.717, 1.165) is 39.4 Å². The maximum atomic E-state index is 5.68. The van der Waals surface area contributed by atoms with Crippen molar-refractivity contribution in [2.75, 3.05) is 19.8 Å². The molecule has 3 rings (SSSR count). The Morgan fingerprint density at radius 1 is 1.36 bits per heavy atom. The van der Waals surface area contributed by atoms with E-state index in [0.29, 0.717) is 5.92 Å². The molecule has 0 unspecified atom stereocenters. The van der Waals surface area contributed by atoms with E-state index >= 15 is 0 Å². The molecule has 5 nitrogen and oxygen atoms in total. The summed E-state index contributed by atoms with van der Waals surface area (Å²) in [6.07, 6.45) is 5.95. The number of pyridine rings is 1. The monoisotopic (exact) mass is 300 g/mol. The van der Waals surface area contributed by atoms with Gasteiger partial charge >= 0.3 is 0 Å². The lowest BCUT2D eigenvalue weighted by Gasteiger charge is -2.31. The highest BCUT2D eigenvalue weighted by Crippen LogP contribution is 2.28. The summed E-state index contributed by atoms with van der Waals surface area (Å²) in [5.74, 6) is 0.355. The van der Waals surface area contributed by atoms with Crippen LogP contribution in [0.4, 0.5) is 0 Å². The molecule has 0 saturated carbocycles. The number of fused-ring (bicyclic) bond motifs is 1. The Morgan fingerprint density at radius 2 is 2.27 bits per heavy atom. The molecule has 0 N–H and O–H groups in total. The van der Waals surface area contributed by atoms with Crippen LogP contribution in [-0.2, 0) is 24.4 Å². The average Bonchev–Trinajstić information content (AvgIpc) is 2.97. The molecule has 0 fully saturated rings. The summed E-state index contributed by atoms with van der Waals surface area (Å²) >= 11 is 0. The fraction of sp³-hybridized carbons (Fsp3) is 0.529. The van der Waals surface area contributed by atoms with Gasteiger partial charge in [0.05, 0.1) is 12.3 Å². The molecule has 0 aromatic carbocycles. The maximum Gasteiger partial charge on any atom is 0.0736 e. The Kier molecular flexibility index (Phi) is 4.85. The lowest BCUT2D eigenvalue weighted by Crippen LogP contribution is -2.34. The minimum absolute atomic E-state index is 0.355. The summed E-state index contributed by atoms with van der Waals surface area (Å²) in [5.41, 5.74) is 3.81. The summed E-state index contributed by atoms with van der Waals surface area (Å²) < 4.78 is 7.72. The zero-order valence-corrected chi connectivity index (χ0v) is 13.4. The van der Waals surface area contributed by atoms with E-state index in [1.807, 2.05) is 30.1 Å². The Labute approximate surface area is 131 Å².